The standard InChI is InChI=1S/C12H21N3O4S/c1-9(2)12(3,4)8-14-20(18,19)10-5-13-15(6-10)7-11(16)17/h5-6,9,14H,7-8H2,1-4H3,(H,16,17). The number of carboxylic acids is 1. The fourth-order valence-electron chi connectivity index (χ4n) is 1.28. The van der Waals surface area contributed by atoms with Crippen molar-refractivity contribution in [1.29, 1.82) is 0 Å². The minimum Gasteiger partial charge on any atom is -0.480 e. The van der Waals surface area contributed by atoms with E-state index in [2.05, 4.69) is 9.82 Å². The summed E-state index contributed by atoms with van der Waals surface area (Å²) in [6.45, 7) is 7.95. The molecule has 0 bridgehead atoms. The van der Waals surface area contributed by atoms with E-state index >= 15 is 0 Å². The Bertz CT molecular complexity index is 575. The van der Waals surface area contributed by atoms with Gasteiger partial charge in [0.05, 0.1) is 6.20 Å². The summed E-state index contributed by atoms with van der Waals surface area (Å²) in [5.41, 5.74) is -0.176. The molecular weight excluding hydrogens is 282 g/mol. The molecule has 0 saturated heterocycles. The quantitative estimate of drug-likeness (QED) is 0.780. The molecule has 0 atom stereocenters. The van der Waals surface area contributed by atoms with Gasteiger partial charge in [0.1, 0.15) is 11.4 Å². The molecule has 0 spiro atoms. The molecule has 0 amide bonds. The van der Waals surface area contributed by atoms with Crippen molar-refractivity contribution in [3.63, 3.8) is 0 Å². The van der Waals surface area contributed by atoms with Crippen LogP contribution in [0.15, 0.2) is 17.3 Å². The second-order valence-electron chi connectivity index (χ2n) is 5.74. The van der Waals surface area contributed by atoms with Gasteiger partial charge in [0.15, 0.2) is 0 Å². The molecule has 2 N–H and O–H groups in total. The number of aliphatic carboxylic acids is 1. The molecule has 0 unspecified atom stereocenters. The zero-order chi connectivity index (χ0) is 15.6. The number of nitrogens with one attached hydrogen (secondary N) is 1. The summed E-state index contributed by atoms with van der Waals surface area (Å²) in [6, 6.07) is 0. The number of carboxylic acid groups (broad SMARTS) is 1. The van der Waals surface area contributed by atoms with Gasteiger partial charge < -0.3 is 5.11 Å². The highest BCUT2D eigenvalue weighted by atomic mass is 32.2. The molecule has 1 aromatic rings. The van der Waals surface area contributed by atoms with Crippen LogP contribution in [0.2, 0.25) is 0 Å². The van der Waals surface area contributed by atoms with Crippen molar-refractivity contribution < 1.29 is 18.3 Å². The second kappa shape index (κ2) is 5.92. The zero-order valence-electron chi connectivity index (χ0n) is 12.1. The Morgan fingerprint density at radius 2 is 2.10 bits per heavy atom. The number of hydrogen-bond donors (Lipinski definition) is 2. The highest BCUT2D eigenvalue weighted by Gasteiger charge is 2.26. The van der Waals surface area contributed by atoms with E-state index in [1.165, 1.54) is 6.20 Å². The second-order valence-corrected chi connectivity index (χ2v) is 7.50. The first-order valence-corrected chi connectivity index (χ1v) is 7.77. The number of hydrogen-bond acceptors (Lipinski definition) is 4. The number of carbonyl (C=O) groups is 1. The molecule has 0 aliphatic rings. The maximum Gasteiger partial charge on any atom is 0.325 e. The van der Waals surface area contributed by atoms with Crippen LogP contribution in [0, 0.1) is 11.3 Å². The van der Waals surface area contributed by atoms with E-state index in [4.69, 9.17) is 5.11 Å². The van der Waals surface area contributed by atoms with Gasteiger partial charge in [-0.15, -0.1) is 0 Å². The van der Waals surface area contributed by atoms with Gasteiger partial charge in [-0.1, -0.05) is 27.7 Å². The van der Waals surface area contributed by atoms with E-state index in [9.17, 15) is 13.2 Å². The van der Waals surface area contributed by atoms with Gasteiger partial charge in [0.2, 0.25) is 10.0 Å². The molecule has 0 radical (unpaired) electrons. The maximum atomic E-state index is 12.1. The molecule has 114 valence electrons. The van der Waals surface area contributed by atoms with Crippen molar-refractivity contribution in [3.05, 3.63) is 12.4 Å². The average Bonchev–Trinajstić information content (AvgIpc) is 2.75. The van der Waals surface area contributed by atoms with Crippen LogP contribution in [-0.4, -0.2) is 35.8 Å². The van der Waals surface area contributed by atoms with Crippen LogP contribution in [0.3, 0.4) is 0 Å². The molecule has 7 nitrogen and oxygen atoms in total. The van der Waals surface area contributed by atoms with Crippen LogP contribution < -0.4 is 4.72 Å². The van der Waals surface area contributed by atoms with Crippen molar-refractivity contribution in [1.82, 2.24) is 14.5 Å². The van der Waals surface area contributed by atoms with Crippen molar-refractivity contribution in [3.8, 4) is 0 Å². The summed E-state index contributed by atoms with van der Waals surface area (Å²) in [6.07, 6.45) is 2.35. The molecule has 1 heterocycles. The SMILES string of the molecule is CC(C)C(C)(C)CNS(=O)(=O)c1cnn(CC(=O)O)c1. The third kappa shape index (κ3) is 4.31. The zero-order valence-corrected chi connectivity index (χ0v) is 12.9. The first-order chi connectivity index (χ1) is 9.04. The van der Waals surface area contributed by atoms with E-state index < -0.39 is 16.0 Å². The number of nitrogens with zero attached hydrogens (tertiary/aromatic N) is 2. The monoisotopic (exact) mass is 303 g/mol. The van der Waals surface area contributed by atoms with Gasteiger partial charge >= 0.3 is 5.97 Å². The molecule has 8 heteroatoms. The summed E-state index contributed by atoms with van der Waals surface area (Å²) in [7, 11) is -3.67. The number of rotatable bonds is 7. The Morgan fingerprint density at radius 3 is 2.60 bits per heavy atom. The van der Waals surface area contributed by atoms with Crippen LogP contribution in [0.25, 0.3) is 0 Å². The summed E-state index contributed by atoms with van der Waals surface area (Å²) < 4.78 is 27.8. The topological polar surface area (TPSA) is 101 Å². The number of aromatic nitrogens is 2. The Kier molecular flexibility index (Phi) is 4.93. The lowest BCUT2D eigenvalue weighted by molar-refractivity contribution is -0.137. The third-order valence-corrected chi connectivity index (χ3v) is 4.85. The minimum atomic E-state index is -3.67. The lowest BCUT2D eigenvalue weighted by Gasteiger charge is -2.29. The molecule has 0 aromatic carbocycles. The lowest BCUT2D eigenvalue weighted by atomic mass is 9.81. The fourth-order valence-corrected chi connectivity index (χ4v) is 2.45. The first kappa shape index (κ1) is 16.6. The van der Waals surface area contributed by atoms with E-state index in [1.54, 1.807) is 0 Å². The van der Waals surface area contributed by atoms with Crippen LogP contribution in [-0.2, 0) is 21.4 Å². The Hall–Kier alpha value is -1.41. The predicted octanol–water partition coefficient (Wildman–Crippen LogP) is 0.928. The van der Waals surface area contributed by atoms with Crippen LogP contribution >= 0.6 is 0 Å². The molecule has 0 aliphatic carbocycles. The average molecular weight is 303 g/mol. The van der Waals surface area contributed by atoms with Gasteiger partial charge in [0.25, 0.3) is 0 Å². The molecule has 1 rings (SSSR count). The maximum absolute atomic E-state index is 12.1. The molecule has 1 aromatic heterocycles. The summed E-state index contributed by atoms with van der Waals surface area (Å²) in [5, 5.41) is 12.3. The molecular formula is C12H21N3O4S. The van der Waals surface area contributed by atoms with Gasteiger partial charge in [0, 0.05) is 12.7 Å². The Balaban J connectivity index is 2.79. The van der Waals surface area contributed by atoms with Crippen LogP contribution in [0.4, 0.5) is 0 Å². The largest absolute Gasteiger partial charge is 0.480 e. The molecule has 20 heavy (non-hydrogen) atoms. The fraction of sp³-hybridized carbons (Fsp3) is 0.667. The van der Waals surface area contributed by atoms with E-state index in [0.717, 1.165) is 10.9 Å². The van der Waals surface area contributed by atoms with Gasteiger partial charge in [-0.2, -0.15) is 5.10 Å². The molecule has 0 fully saturated rings. The summed E-state index contributed by atoms with van der Waals surface area (Å²) in [4.78, 5) is 10.5. The summed E-state index contributed by atoms with van der Waals surface area (Å²) in [5.74, 6) is -0.758. The van der Waals surface area contributed by atoms with E-state index in [0.29, 0.717) is 12.5 Å². The van der Waals surface area contributed by atoms with Gasteiger partial charge in [-0.05, 0) is 11.3 Å². The third-order valence-electron chi connectivity index (χ3n) is 3.50. The highest BCUT2D eigenvalue weighted by Crippen LogP contribution is 2.25. The van der Waals surface area contributed by atoms with Crippen molar-refractivity contribution >= 4 is 16.0 Å². The number of sulfonamides is 1. The van der Waals surface area contributed by atoms with Gasteiger partial charge in [-0.3, -0.25) is 9.48 Å². The Labute approximate surface area is 119 Å². The van der Waals surface area contributed by atoms with Crippen molar-refractivity contribution in [2.45, 2.75) is 39.1 Å². The minimum absolute atomic E-state index is 0.0293. The highest BCUT2D eigenvalue weighted by molar-refractivity contribution is 7.89. The normalized spacial score (nSPS) is 12.8. The molecule has 0 aliphatic heterocycles. The van der Waals surface area contributed by atoms with E-state index in [-0.39, 0.29) is 16.9 Å². The van der Waals surface area contributed by atoms with Crippen LogP contribution in [0.1, 0.15) is 27.7 Å². The molecule has 0 saturated carbocycles. The van der Waals surface area contributed by atoms with Crippen LogP contribution in [0.5, 0.6) is 0 Å². The first-order valence-electron chi connectivity index (χ1n) is 6.28. The Morgan fingerprint density at radius 1 is 1.50 bits per heavy atom. The van der Waals surface area contributed by atoms with E-state index in [1.807, 2.05) is 27.7 Å². The lowest BCUT2D eigenvalue weighted by Crippen LogP contribution is -2.36. The smallest absolute Gasteiger partial charge is 0.325 e. The van der Waals surface area contributed by atoms with Crippen molar-refractivity contribution in [2.75, 3.05) is 6.54 Å². The van der Waals surface area contributed by atoms with Crippen molar-refractivity contribution in [2.24, 2.45) is 11.3 Å². The van der Waals surface area contributed by atoms with Gasteiger partial charge in [-0.25, -0.2) is 13.1 Å². The predicted molar refractivity (Wildman–Crippen MR) is 73.7 cm³/mol. The summed E-state index contributed by atoms with van der Waals surface area (Å²) >= 11 is 0.